The molecule has 6 nitrogen and oxygen atoms in total. The van der Waals surface area contributed by atoms with Gasteiger partial charge in [0.15, 0.2) is 0 Å². The van der Waals surface area contributed by atoms with Crippen LogP contribution in [0.4, 0.5) is 18.0 Å². The highest BCUT2D eigenvalue weighted by Crippen LogP contribution is 2.34. The minimum Gasteiger partial charge on any atom is -0.491 e. The molecule has 2 aliphatic rings. The minimum atomic E-state index is -4.41. The fourth-order valence-corrected chi connectivity index (χ4v) is 3.63. The lowest BCUT2D eigenvalue weighted by Crippen LogP contribution is -2.57. The fraction of sp³-hybridized carbons (Fsp3) is 0.300. The van der Waals surface area contributed by atoms with Crippen molar-refractivity contribution in [1.29, 1.82) is 0 Å². The largest absolute Gasteiger partial charge is 0.491 e. The van der Waals surface area contributed by atoms with Gasteiger partial charge >= 0.3 is 12.3 Å². The van der Waals surface area contributed by atoms with Crippen molar-refractivity contribution in [2.24, 2.45) is 0 Å². The van der Waals surface area contributed by atoms with Gasteiger partial charge in [-0.15, -0.1) is 0 Å². The standard InChI is InChI=1S/C20H17F3N2O4/c21-20(22,23)14-4-1-12(2-5-14)13-3-6-17-16(9-13)18(26)25-8-7-24(19(27)28)10-15(25)11-29-17/h1-6,9,15H,7-8,10-11H2,(H,27,28)/t15-/m0/s1. The number of benzene rings is 2. The zero-order chi connectivity index (χ0) is 20.8. The van der Waals surface area contributed by atoms with E-state index in [0.29, 0.717) is 22.4 Å². The third-order valence-electron chi connectivity index (χ3n) is 5.20. The Morgan fingerprint density at radius 1 is 1.07 bits per heavy atom. The van der Waals surface area contributed by atoms with E-state index in [9.17, 15) is 27.9 Å². The number of carboxylic acid groups (broad SMARTS) is 1. The van der Waals surface area contributed by atoms with E-state index < -0.39 is 23.9 Å². The SMILES string of the molecule is O=C(O)N1CCN2C(=O)c3cc(-c4ccc(C(F)(F)F)cc4)ccc3OC[C@@H]2C1. The van der Waals surface area contributed by atoms with Crippen LogP contribution in [0.15, 0.2) is 42.5 Å². The van der Waals surface area contributed by atoms with E-state index in [0.717, 1.165) is 12.1 Å². The molecule has 2 aliphatic heterocycles. The molecule has 0 bridgehead atoms. The molecule has 152 valence electrons. The summed E-state index contributed by atoms with van der Waals surface area (Å²) in [5.41, 5.74) is 0.713. The topological polar surface area (TPSA) is 70.1 Å². The normalized spacial score (nSPS) is 19.1. The number of rotatable bonds is 1. The van der Waals surface area contributed by atoms with Crippen molar-refractivity contribution in [3.05, 3.63) is 53.6 Å². The van der Waals surface area contributed by atoms with Crippen LogP contribution in [0.25, 0.3) is 11.1 Å². The van der Waals surface area contributed by atoms with Crippen LogP contribution in [0.3, 0.4) is 0 Å². The lowest BCUT2D eigenvalue weighted by atomic mass is 10.00. The van der Waals surface area contributed by atoms with E-state index in [1.165, 1.54) is 17.0 Å². The van der Waals surface area contributed by atoms with Gasteiger partial charge in [0.05, 0.1) is 17.2 Å². The summed E-state index contributed by atoms with van der Waals surface area (Å²) < 4.78 is 44.1. The van der Waals surface area contributed by atoms with Crippen molar-refractivity contribution in [2.75, 3.05) is 26.2 Å². The second kappa shape index (κ2) is 6.98. The first-order valence-electron chi connectivity index (χ1n) is 8.97. The first-order valence-corrected chi connectivity index (χ1v) is 8.97. The molecule has 0 aromatic heterocycles. The van der Waals surface area contributed by atoms with Gasteiger partial charge in [-0.25, -0.2) is 4.79 Å². The molecule has 1 N–H and O–H groups in total. The Morgan fingerprint density at radius 3 is 2.41 bits per heavy atom. The van der Waals surface area contributed by atoms with Crippen molar-refractivity contribution in [1.82, 2.24) is 9.80 Å². The molecule has 2 aromatic carbocycles. The smallest absolute Gasteiger partial charge is 0.416 e. The maximum Gasteiger partial charge on any atom is 0.416 e. The lowest BCUT2D eigenvalue weighted by molar-refractivity contribution is -0.137. The van der Waals surface area contributed by atoms with Crippen LogP contribution < -0.4 is 4.74 Å². The molecule has 29 heavy (non-hydrogen) atoms. The van der Waals surface area contributed by atoms with Crippen molar-refractivity contribution >= 4 is 12.0 Å². The summed E-state index contributed by atoms with van der Waals surface area (Å²) in [5.74, 6) is 0.100. The van der Waals surface area contributed by atoms with Gasteiger partial charge in [0, 0.05) is 19.6 Å². The number of amides is 2. The second-order valence-electron chi connectivity index (χ2n) is 6.98. The van der Waals surface area contributed by atoms with Gasteiger partial charge < -0.3 is 19.6 Å². The Kier molecular flexibility index (Phi) is 4.60. The Morgan fingerprint density at radius 2 is 1.76 bits per heavy atom. The molecular formula is C20H17F3N2O4. The van der Waals surface area contributed by atoms with Crippen LogP contribution >= 0.6 is 0 Å². The third-order valence-corrected chi connectivity index (χ3v) is 5.20. The van der Waals surface area contributed by atoms with Crippen molar-refractivity contribution in [3.63, 3.8) is 0 Å². The Balaban J connectivity index is 1.63. The highest BCUT2D eigenvalue weighted by Gasteiger charge is 2.37. The molecule has 4 rings (SSSR count). The summed E-state index contributed by atoms with van der Waals surface area (Å²) in [7, 11) is 0. The maximum absolute atomic E-state index is 13.0. The number of hydrogen-bond donors (Lipinski definition) is 1. The highest BCUT2D eigenvalue weighted by atomic mass is 19.4. The van der Waals surface area contributed by atoms with Crippen LogP contribution in [0.2, 0.25) is 0 Å². The summed E-state index contributed by atoms with van der Waals surface area (Å²) in [6.45, 7) is 0.803. The van der Waals surface area contributed by atoms with E-state index in [1.807, 2.05) is 0 Å². The van der Waals surface area contributed by atoms with Crippen LogP contribution in [0, 0.1) is 0 Å². The van der Waals surface area contributed by atoms with Gasteiger partial charge in [-0.2, -0.15) is 13.2 Å². The van der Waals surface area contributed by atoms with E-state index in [2.05, 4.69) is 0 Å². The molecule has 0 spiro atoms. The number of alkyl halides is 3. The lowest BCUT2D eigenvalue weighted by Gasteiger charge is -2.38. The van der Waals surface area contributed by atoms with Crippen LogP contribution in [-0.2, 0) is 6.18 Å². The Labute approximate surface area is 164 Å². The molecule has 2 amide bonds. The van der Waals surface area contributed by atoms with Gasteiger partial charge in [0.2, 0.25) is 0 Å². The van der Waals surface area contributed by atoms with Crippen LogP contribution in [0.5, 0.6) is 5.75 Å². The second-order valence-corrected chi connectivity index (χ2v) is 6.98. The molecule has 1 atom stereocenters. The number of halogens is 3. The van der Waals surface area contributed by atoms with Gasteiger partial charge in [-0.05, 0) is 35.4 Å². The number of nitrogens with zero attached hydrogens (tertiary/aromatic N) is 2. The first kappa shape index (κ1) is 19.1. The Bertz CT molecular complexity index is 959. The maximum atomic E-state index is 13.0. The van der Waals surface area contributed by atoms with Gasteiger partial charge in [0.1, 0.15) is 12.4 Å². The molecule has 1 fully saturated rings. The van der Waals surface area contributed by atoms with Crippen molar-refractivity contribution < 1.29 is 32.6 Å². The minimum absolute atomic E-state index is 0.167. The average Bonchev–Trinajstić information content (AvgIpc) is 2.84. The number of carbonyl (C=O) groups excluding carboxylic acids is 1. The molecule has 9 heteroatoms. The highest BCUT2D eigenvalue weighted by molar-refractivity contribution is 5.99. The molecule has 0 unspecified atom stereocenters. The zero-order valence-corrected chi connectivity index (χ0v) is 15.1. The average molecular weight is 406 g/mol. The third kappa shape index (κ3) is 3.59. The van der Waals surface area contributed by atoms with E-state index >= 15 is 0 Å². The van der Waals surface area contributed by atoms with Crippen LogP contribution in [-0.4, -0.2) is 59.2 Å². The predicted molar refractivity (Wildman–Crippen MR) is 96.8 cm³/mol. The Hall–Kier alpha value is -3.23. The number of hydrogen-bond acceptors (Lipinski definition) is 3. The van der Waals surface area contributed by atoms with E-state index in [-0.39, 0.29) is 32.1 Å². The molecular weight excluding hydrogens is 389 g/mol. The number of ether oxygens (including phenoxy) is 1. The van der Waals surface area contributed by atoms with Crippen molar-refractivity contribution in [3.8, 4) is 16.9 Å². The molecule has 2 heterocycles. The quantitative estimate of drug-likeness (QED) is 0.786. The number of carbonyl (C=O) groups is 2. The summed E-state index contributed by atoms with van der Waals surface area (Å²) in [4.78, 5) is 27.1. The monoisotopic (exact) mass is 406 g/mol. The van der Waals surface area contributed by atoms with Gasteiger partial charge in [-0.3, -0.25) is 4.79 Å². The molecule has 0 radical (unpaired) electrons. The number of piperazine rings is 1. The molecule has 0 saturated carbocycles. The summed E-state index contributed by atoms with van der Waals surface area (Å²) in [5, 5.41) is 9.18. The number of fused-ring (bicyclic) bond motifs is 2. The zero-order valence-electron chi connectivity index (χ0n) is 15.1. The van der Waals surface area contributed by atoms with Crippen LogP contribution in [0.1, 0.15) is 15.9 Å². The van der Waals surface area contributed by atoms with E-state index in [4.69, 9.17) is 4.74 Å². The molecule has 1 saturated heterocycles. The van der Waals surface area contributed by atoms with Gasteiger partial charge in [-0.1, -0.05) is 18.2 Å². The molecule has 2 aromatic rings. The summed E-state index contributed by atoms with van der Waals surface area (Å²) in [6, 6.07) is 9.24. The summed E-state index contributed by atoms with van der Waals surface area (Å²) >= 11 is 0. The van der Waals surface area contributed by atoms with Crippen molar-refractivity contribution in [2.45, 2.75) is 12.2 Å². The molecule has 0 aliphatic carbocycles. The van der Waals surface area contributed by atoms with E-state index in [1.54, 1.807) is 23.1 Å². The predicted octanol–water partition coefficient (Wildman–Crippen LogP) is 3.57. The fourth-order valence-electron chi connectivity index (χ4n) is 3.63. The summed E-state index contributed by atoms with van der Waals surface area (Å²) in [6.07, 6.45) is -5.45. The first-order chi connectivity index (χ1) is 13.7. The van der Waals surface area contributed by atoms with Gasteiger partial charge in [0.25, 0.3) is 5.91 Å².